The Hall–Kier alpha value is -3.28. The van der Waals surface area contributed by atoms with Crippen LogP contribution in [0.3, 0.4) is 0 Å². The summed E-state index contributed by atoms with van der Waals surface area (Å²) in [5.74, 6) is 0.178. The Morgan fingerprint density at radius 3 is 2.54 bits per heavy atom. The van der Waals surface area contributed by atoms with Crippen LogP contribution in [0.15, 0.2) is 59.5 Å². The lowest BCUT2D eigenvalue weighted by Crippen LogP contribution is -2.31. The average molecular weight is 348 g/mol. The minimum Gasteiger partial charge on any atom is -0.349 e. The first-order valence-electron chi connectivity index (χ1n) is 8.40. The summed E-state index contributed by atoms with van der Waals surface area (Å²) >= 11 is 0. The van der Waals surface area contributed by atoms with Crippen molar-refractivity contribution in [3.63, 3.8) is 0 Å². The predicted octanol–water partition coefficient (Wildman–Crippen LogP) is 2.56. The van der Waals surface area contributed by atoms with Crippen molar-refractivity contribution in [3.8, 4) is 11.5 Å². The molecule has 0 aliphatic heterocycles. The molecule has 0 spiro atoms. The van der Waals surface area contributed by atoms with Crippen molar-refractivity contribution in [1.82, 2.24) is 20.3 Å². The summed E-state index contributed by atoms with van der Waals surface area (Å²) in [5, 5.41) is 2.91. The minimum absolute atomic E-state index is 0.0200. The number of aromatic amines is 1. The van der Waals surface area contributed by atoms with Crippen molar-refractivity contribution in [1.29, 1.82) is 0 Å². The lowest BCUT2D eigenvalue weighted by Gasteiger charge is -2.14. The molecule has 0 radical (unpaired) electrons. The smallest absolute Gasteiger partial charge is 0.255 e. The normalized spacial score (nSPS) is 11.8. The van der Waals surface area contributed by atoms with E-state index in [1.165, 1.54) is 0 Å². The molecule has 6 heteroatoms. The zero-order valence-corrected chi connectivity index (χ0v) is 14.7. The fourth-order valence-electron chi connectivity index (χ4n) is 2.72. The third kappa shape index (κ3) is 4.03. The zero-order chi connectivity index (χ0) is 18.5. The highest BCUT2D eigenvalue weighted by molar-refractivity contribution is 5.79. The molecule has 2 aromatic heterocycles. The van der Waals surface area contributed by atoms with Crippen LogP contribution in [0.5, 0.6) is 0 Å². The number of benzene rings is 1. The van der Waals surface area contributed by atoms with E-state index in [0.29, 0.717) is 22.8 Å². The van der Waals surface area contributed by atoms with Crippen LogP contribution in [0.25, 0.3) is 11.5 Å². The van der Waals surface area contributed by atoms with Crippen molar-refractivity contribution < 1.29 is 4.79 Å². The van der Waals surface area contributed by atoms with Crippen LogP contribution in [0.1, 0.15) is 29.8 Å². The Bertz CT molecular complexity index is 953. The molecule has 0 saturated heterocycles. The number of H-pyrrole nitrogens is 1. The molecule has 26 heavy (non-hydrogen) atoms. The van der Waals surface area contributed by atoms with E-state index in [-0.39, 0.29) is 23.9 Å². The van der Waals surface area contributed by atoms with Crippen LogP contribution in [-0.4, -0.2) is 20.9 Å². The zero-order valence-electron chi connectivity index (χ0n) is 14.7. The van der Waals surface area contributed by atoms with Gasteiger partial charge < -0.3 is 10.3 Å². The van der Waals surface area contributed by atoms with E-state index >= 15 is 0 Å². The maximum Gasteiger partial charge on any atom is 0.255 e. The number of nitrogens with one attached hydrogen (secondary N) is 2. The van der Waals surface area contributed by atoms with E-state index in [1.54, 1.807) is 25.3 Å². The highest BCUT2D eigenvalue weighted by atomic mass is 16.2. The van der Waals surface area contributed by atoms with Gasteiger partial charge in [0, 0.05) is 17.5 Å². The van der Waals surface area contributed by atoms with Crippen molar-refractivity contribution in [2.24, 2.45) is 0 Å². The van der Waals surface area contributed by atoms with Crippen LogP contribution in [0.4, 0.5) is 0 Å². The molecule has 2 N–H and O–H groups in total. The highest BCUT2D eigenvalue weighted by Gasteiger charge is 2.15. The molecule has 3 rings (SSSR count). The predicted molar refractivity (Wildman–Crippen MR) is 99.5 cm³/mol. The van der Waals surface area contributed by atoms with Gasteiger partial charge in [0.1, 0.15) is 5.69 Å². The molecule has 6 nitrogen and oxygen atoms in total. The molecule has 1 aromatic carbocycles. The molecule has 1 atom stereocenters. The van der Waals surface area contributed by atoms with Gasteiger partial charge in [0.25, 0.3) is 5.56 Å². The maximum absolute atomic E-state index is 12.4. The summed E-state index contributed by atoms with van der Waals surface area (Å²) in [4.78, 5) is 36.1. The Balaban J connectivity index is 1.76. The second-order valence-corrected chi connectivity index (χ2v) is 6.07. The van der Waals surface area contributed by atoms with Crippen LogP contribution < -0.4 is 10.9 Å². The molecule has 0 aliphatic carbocycles. The summed E-state index contributed by atoms with van der Waals surface area (Å²) in [6.45, 7) is 3.64. The Morgan fingerprint density at radius 1 is 1.15 bits per heavy atom. The highest BCUT2D eigenvalue weighted by Crippen LogP contribution is 2.13. The van der Waals surface area contributed by atoms with Crippen LogP contribution in [0.2, 0.25) is 0 Å². The molecule has 0 fully saturated rings. The first-order valence-corrected chi connectivity index (χ1v) is 8.40. The monoisotopic (exact) mass is 348 g/mol. The molecule has 3 aromatic rings. The number of aromatic nitrogens is 3. The molecule has 0 bridgehead atoms. The van der Waals surface area contributed by atoms with Crippen LogP contribution >= 0.6 is 0 Å². The van der Waals surface area contributed by atoms with Gasteiger partial charge >= 0.3 is 0 Å². The second kappa shape index (κ2) is 7.74. The van der Waals surface area contributed by atoms with Crippen LogP contribution in [-0.2, 0) is 11.2 Å². The van der Waals surface area contributed by atoms with Crippen molar-refractivity contribution in [2.75, 3.05) is 0 Å². The van der Waals surface area contributed by atoms with E-state index in [2.05, 4.69) is 20.3 Å². The Morgan fingerprint density at radius 2 is 1.88 bits per heavy atom. The third-order valence-electron chi connectivity index (χ3n) is 4.14. The molecular weight excluding hydrogens is 328 g/mol. The Labute approximate surface area is 151 Å². The molecule has 1 amide bonds. The van der Waals surface area contributed by atoms with Gasteiger partial charge in [0.2, 0.25) is 5.91 Å². The first-order chi connectivity index (χ1) is 12.5. The van der Waals surface area contributed by atoms with Gasteiger partial charge in [-0.15, -0.1) is 0 Å². The first kappa shape index (κ1) is 17.5. The number of pyridine rings is 1. The van der Waals surface area contributed by atoms with Crippen molar-refractivity contribution in [3.05, 3.63) is 81.9 Å². The van der Waals surface area contributed by atoms with Gasteiger partial charge in [-0.1, -0.05) is 36.4 Å². The lowest BCUT2D eigenvalue weighted by atomic mass is 10.1. The summed E-state index contributed by atoms with van der Waals surface area (Å²) in [6, 6.07) is 14.9. The Kier molecular flexibility index (Phi) is 5.22. The minimum atomic E-state index is -0.319. The molecule has 0 saturated carbocycles. The number of hydrogen-bond donors (Lipinski definition) is 2. The summed E-state index contributed by atoms with van der Waals surface area (Å²) < 4.78 is 0. The standard InChI is InChI=1S/C20H20N4O2/c1-13(15-8-4-3-5-9-15)22-18(25)12-16-14(2)23-19(24-20(16)26)17-10-6-7-11-21-17/h3-11,13H,12H2,1-2H3,(H,22,25)(H,23,24,26)/t13-/m1/s1. The van der Waals surface area contributed by atoms with Crippen LogP contribution in [0, 0.1) is 6.92 Å². The van der Waals surface area contributed by atoms with Gasteiger partial charge in [-0.05, 0) is 31.5 Å². The number of aryl methyl sites for hydroxylation is 1. The summed E-state index contributed by atoms with van der Waals surface area (Å²) in [5.41, 5.74) is 2.16. The molecule has 0 unspecified atom stereocenters. The van der Waals surface area contributed by atoms with Gasteiger partial charge in [-0.25, -0.2) is 4.98 Å². The lowest BCUT2D eigenvalue weighted by molar-refractivity contribution is -0.121. The molecular formula is C20H20N4O2. The van der Waals surface area contributed by atoms with E-state index in [0.717, 1.165) is 5.56 Å². The summed E-state index contributed by atoms with van der Waals surface area (Å²) in [6.07, 6.45) is 1.62. The molecule has 132 valence electrons. The average Bonchev–Trinajstić information content (AvgIpc) is 2.66. The van der Waals surface area contributed by atoms with Gasteiger partial charge in [-0.2, -0.15) is 0 Å². The maximum atomic E-state index is 12.4. The number of nitrogens with zero attached hydrogens (tertiary/aromatic N) is 2. The summed E-state index contributed by atoms with van der Waals surface area (Å²) in [7, 11) is 0. The topological polar surface area (TPSA) is 87.7 Å². The van der Waals surface area contributed by atoms with Crippen molar-refractivity contribution >= 4 is 5.91 Å². The van der Waals surface area contributed by atoms with E-state index in [9.17, 15) is 9.59 Å². The second-order valence-electron chi connectivity index (χ2n) is 6.07. The largest absolute Gasteiger partial charge is 0.349 e. The van der Waals surface area contributed by atoms with Crippen molar-refractivity contribution in [2.45, 2.75) is 26.3 Å². The van der Waals surface area contributed by atoms with Gasteiger partial charge in [-0.3, -0.25) is 14.6 Å². The number of rotatable bonds is 5. The van der Waals surface area contributed by atoms with Gasteiger partial charge in [0.15, 0.2) is 5.82 Å². The number of hydrogen-bond acceptors (Lipinski definition) is 4. The SMILES string of the molecule is Cc1nc(-c2ccccn2)[nH]c(=O)c1CC(=O)N[C@H](C)c1ccccc1. The number of amides is 1. The number of carbonyl (C=O) groups excluding carboxylic acids is 1. The van der Waals surface area contributed by atoms with E-state index < -0.39 is 0 Å². The third-order valence-corrected chi connectivity index (χ3v) is 4.14. The van der Waals surface area contributed by atoms with Gasteiger partial charge in [0.05, 0.1) is 12.5 Å². The quantitative estimate of drug-likeness (QED) is 0.742. The molecule has 2 heterocycles. The fourth-order valence-corrected chi connectivity index (χ4v) is 2.72. The number of carbonyl (C=O) groups is 1. The molecule has 0 aliphatic rings. The van der Waals surface area contributed by atoms with E-state index in [1.807, 2.05) is 43.3 Å². The van der Waals surface area contributed by atoms with E-state index in [4.69, 9.17) is 0 Å². The fraction of sp³-hybridized carbons (Fsp3) is 0.200.